The number of rotatable bonds is 5. The Morgan fingerprint density at radius 2 is 1.87 bits per heavy atom. The van der Waals surface area contributed by atoms with Crippen LogP contribution in [0, 0.1) is 25.2 Å². The lowest BCUT2D eigenvalue weighted by atomic mass is 9.71. The number of piperazine rings is 1. The van der Waals surface area contributed by atoms with Crippen molar-refractivity contribution in [3.63, 3.8) is 0 Å². The number of likely N-dealkylation sites (N-methyl/N-ethyl adjacent to an activating group) is 1. The van der Waals surface area contributed by atoms with Crippen molar-refractivity contribution in [2.24, 2.45) is 0 Å². The number of ether oxygens (including phenoxy) is 3. The Bertz CT molecular complexity index is 1770. The molecule has 0 aromatic heterocycles. The highest BCUT2D eigenvalue weighted by Gasteiger charge is 2.56. The minimum absolute atomic E-state index is 0.0183. The molecule has 5 atom stereocenters. The maximum Gasteiger partial charge on any atom is 0.244 e. The number of hydrogen-bond acceptors (Lipinski definition) is 9. The smallest absolute Gasteiger partial charge is 0.244 e. The number of methoxy groups -OCH3 is 1. The van der Waals surface area contributed by atoms with Crippen molar-refractivity contribution >= 4 is 12.0 Å². The number of fused-ring (bicyclic) bond motifs is 9. The van der Waals surface area contributed by atoms with E-state index in [0.717, 1.165) is 27.8 Å². The molecule has 0 spiro atoms. The fourth-order valence-corrected chi connectivity index (χ4v) is 8.04. The Morgan fingerprint density at radius 3 is 2.60 bits per heavy atom. The van der Waals surface area contributed by atoms with Gasteiger partial charge in [0.05, 0.1) is 25.3 Å². The van der Waals surface area contributed by atoms with Gasteiger partial charge in [0.15, 0.2) is 23.0 Å². The number of aromatic hydroxyl groups is 2. The highest BCUT2D eigenvalue weighted by molar-refractivity contribution is 5.91. The van der Waals surface area contributed by atoms with Crippen molar-refractivity contribution < 1.29 is 29.2 Å². The van der Waals surface area contributed by atoms with Gasteiger partial charge in [0.1, 0.15) is 11.8 Å². The molecular formula is C35H36N4O6. The predicted octanol–water partition coefficient (Wildman–Crippen LogP) is 4.05. The number of benzene rings is 3. The minimum Gasteiger partial charge on any atom is -0.507 e. The molecule has 2 bridgehead atoms. The minimum atomic E-state index is -0.551. The van der Waals surface area contributed by atoms with Gasteiger partial charge in [0, 0.05) is 47.0 Å². The van der Waals surface area contributed by atoms with Crippen molar-refractivity contribution in [2.75, 3.05) is 27.5 Å². The number of hydrogen-bond donors (Lipinski definition) is 3. The summed E-state index contributed by atoms with van der Waals surface area (Å²) in [5.41, 5.74) is 5.52. The van der Waals surface area contributed by atoms with Gasteiger partial charge in [0.25, 0.3) is 0 Å². The molecule has 1 saturated heterocycles. The highest BCUT2D eigenvalue weighted by atomic mass is 16.7. The molecule has 10 nitrogen and oxygen atoms in total. The molecule has 10 heteroatoms. The molecule has 0 radical (unpaired) electrons. The lowest BCUT2D eigenvalue weighted by Gasteiger charge is -2.60. The standard InChI is InChI=1S/C35H36N4O6/c1-18-12-21-13-23-25(15-36)39-24(30(38(23)3)28(21)32(42)33(18)43-4)14-22-29(35-34(44-17-45-35)19(2)31(22)41)26(39)16-37-27(40)11-10-20-8-6-5-7-9-20/h5-12,23-26,30,41-42H,13-14,16-17H2,1-4H3,(H,37,40)/b11-10+/t23?,24-,25-,26-,30?/m0/s1. The Labute approximate surface area is 262 Å². The molecule has 4 aliphatic heterocycles. The summed E-state index contributed by atoms with van der Waals surface area (Å²) in [7, 11) is 3.55. The molecule has 0 aliphatic carbocycles. The summed E-state index contributed by atoms with van der Waals surface area (Å²) in [6, 6.07) is 12.3. The number of aryl methyl sites for hydroxylation is 1. The van der Waals surface area contributed by atoms with Gasteiger partial charge in [0.2, 0.25) is 12.7 Å². The molecule has 3 aromatic carbocycles. The molecule has 1 amide bonds. The van der Waals surface area contributed by atoms with Crippen molar-refractivity contribution in [3.05, 3.63) is 81.4 Å². The molecule has 45 heavy (non-hydrogen) atoms. The van der Waals surface area contributed by atoms with Gasteiger partial charge in [-0.05, 0) is 56.5 Å². The first kappa shape index (κ1) is 29.0. The monoisotopic (exact) mass is 608 g/mol. The van der Waals surface area contributed by atoms with Crippen LogP contribution in [0.2, 0.25) is 0 Å². The van der Waals surface area contributed by atoms with Gasteiger partial charge < -0.3 is 29.7 Å². The number of carbonyl (C=O) groups is 1. The topological polar surface area (TPSA) is 128 Å². The van der Waals surface area contributed by atoms with Crippen molar-refractivity contribution in [3.8, 4) is 34.8 Å². The SMILES string of the molecule is COc1c(C)cc2c(c1O)C1[C@@H]3Cc4c(O)c(C)c5c(c4[C@H](CNC(=O)/C=C/c4ccccc4)N3[C@@H](C#N)C(C2)N1C)OCO5. The summed E-state index contributed by atoms with van der Waals surface area (Å²) in [4.78, 5) is 17.5. The van der Waals surface area contributed by atoms with Crippen molar-refractivity contribution in [1.29, 1.82) is 5.26 Å². The third-order valence-electron chi connectivity index (χ3n) is 9.99. The van der Waals surface area contributed by atoms with Crippen LogP contribution in [0.25, 0.3) is 6.08 Å². The Kier molecular flexibility index (Phi) is 7.10. The Morgan fingerprint density at radius 1 is 1.11 bits per heavy atom. The lowest BCUT2D eigenvalue weighted by molar-refractivity contribution is -0.117. The Hall–Kier alpha value is -4.72. The molecule has 1 fully saturated rings. The number of nitrogens with zero attached hydrogens (tertiary/aromatic N) is 3. The van der Waals surface area contributed by atoms with Crippen LogP contribution in [0.5, 0.6) is 28.7 Å². The van der Waals surface area contributed by atoms with E-state index in [0.29, 0.717) is 41.2 Å². The summed E-state index contributed by atoms with van der Waals surface area (Å²) in [6.07, 6.45) is 4.21. The summed E-state index contributed by atoms with van der Waals surface area (Å²) in [6.45, 7) is 3.89. The summed E-state index contributed by atoms with van der Waals surface area (Å²) < 4.78 is 17.4. The van der Waals surface area contributed by atoms with Crippen molar-refractivity contribution in [1.82, 2.24) is 15.1 Å². The van der Waals surface area contributed by atoms with Crippen LogP contribution in [-0.4, -0.2) is 71.5 Å². The van der Waals surface area contributed by atoms with E-state index in [4.69, 9.17) is 14.2 Å². The van der Waals surface area contributed by atoms with E-state index >= 15 is 0 Å². The van der Waals surface area contributed by atoms with Crippen LogP contribution in [0.3, 0.4) is 0 Å². The lowest BCUT2D eigenvalue weighted by Crippen LogP contribution is -2.68. The van der Waals surface area contributed by atoms with E-state index in [1.165, 1.54) is 6.08 Å². The van der Waals surface area contributed by atoms with E-state index in [1.54, 1.807) is 20.1 Å². The summed E-state index contributed by atoms with van der Waals surface area (Å²) in [5.74, 6) is 1.40. The van der Waals surface area contributed by atoms with Crippen LogP contribution in [0.15, 0.2) is 42.5 Å². The van der Waals surface area contributed by atoms with Gasteiger partial charge in [-0.3, -0.25) is 14.6 Å². The number of phenolic OH excluding ortho intramolecular Hbond substituents is 2. The number of amides is 1. The molecule has 4 aliphatic rings. The van der Waals surface area contributed by atoms with Crippen LogP contribution >= 0.6 is 0 Å². The maximum atomic E-state index is 13.2. The van der Waals surface area contributed by atoms with E-state index < -0.39 is 12.1 Å². The number of phenols is 2. The maximum absolute atomic E-state index is 13.2. The average Bonchev–Trinajstić information content (AvgIpc) is 3.53. The molecule has 3 N–H and O–H groups in total. The van der Waals surface area contributed by atoms with Crippen LogP contribution < -0.4 is 19.5 Å². The average molecular weight is 609 g/mol. The fourth-order valence-electron chi connectivity index (χ4n) is 8.04. The van der Waals surface area contributed by atoms with Gasteiger partial charge in [-0.15, -0.1) is 0 Å². The Balaban J connectivity index is 1.36. The highest BCUT2D eigenvalue weighted by Crippen LogP contribution is 2.58. The van der Waals surface area contributed by atoms with Gasteiger partial charge in [-0.2, -0.15) is 5.26 Å². The molecule has 232 valence electrons. The zero-order valence-corrected chi connectivity index (χ0v) is 25.7. The summed E-state index contributed by atoms with van der Waals surface area (Å²) >= 11 is 0. The summed E-state index contributed by atoms with van der Waals surface area (Å²) in [5, 5.41) is 37.0. The number of carbonyl (C=O) groups excluding carboxylic acids is 1. The zero-order chi connectivity index (χ0) is 31.6. The van der Waals surface area contributed by atoms with Crippen LogP contribution in [-0.2, 0) is 17.6 Å². The largest absolute Gasteiger partial charge is 0.507 e. The van der Waals surface area contributed by atoms with Crippen LogP contribution in [0.4, 0.5) is 0 Å². The van der Waals surface area contributed by atoms with E-state index in [1.807, 2.05) is 44.3 Å². The number of nitriles is 1. The van der Waals surface area contributed by atoms with Crippen molar-refractivity contribution in [2.45, 2.75) is 56.9 Å². The molecule has 3 aromatic rings. The third kappa shape index (κ3) is 4.41. The molecule has 4 heterocycles. The first-order chi connectivity index (χ1) is 21.7. The normalized spacial score (nSPS) is 24.8. The van der Waals surface area contributed by atoms with E-state index in [-0.39, 0.29) is 48.9 Å². The second-order valence-electron chi connectivity index (χ2n) is 12.3. The van der Waals surface area contributed by atoms with Gasteiger partial charge in [-0.1, -0.05) is 36.4 Å². The molecule has 2 unspecified atom stereocenters. The molecule has 0 saturated carbocycles. The predicted molar refractivity (Wildman–Crippen MR) is 166 cm³/mol. The zero-order valence-electron chi connectivity index (χ0n) is 25.7. The van der Waals surface area contributed by atoms with Gasteiger partial charge in [-0.25, -0.2) is 0 Å². The van der Waals surface area contributed by atoms with Gasteiger partial charge >= 0.3 is 0 Å². The number of nitrogens with one attached hydrogen (secondary N) is 1. The second kappa shape index (κ2) is 11.0. The fraction of sp³-hybridized carbons (Fsp3) is 0.371. The first-order valence-corrected chi connectivity index (χ1v) is 15.2. The van der Waals surface area contributed by atoms with Crippen LogP contribution in [0.1, 0.15) is 51.0 Å². The quantitative estimate of drug-likeness (QED) is 0.368. The molecular weight excluding hydrogens is 572 g/mol. The van der Waals surface area contributed by atoms with E-state index in [9.17, 15) is 20.3 Å². The third-order valence-corrected chi connectivity index (χ3v) is 9.99. The second-order valence-corrected chi connectivity index (χ2v) is 12.3. The van der Waals surface area contributed by atoms with E-state index in [2.05, 4.69) is 27.3 Å². The first-order valence-electron chi connectivity index (χ1n) is 15.2. The molecule has 7 rings (SSSR count).